The number of rotatable bonds is 4. The molecule has 4 rings (SSSR count). The highest BCUT2D eigenvalue weighted by molar-refractivity contribution is 7.80. The summed E-state index contributed by atoms with van der Waals surface area (Å²) in [5.41, 5.74) is 2.97. The average Bonchev–Trinajstić information content (AvgIpc) is 3.30. The maximum absolute atomic E-state index is 12.7. The van der Waals surface area contributed by atoms with E-state index in [9.17, 15) is 4.79 Å². The molecule has 0 radical (unpaired) electrons. The Morgan fingerprint density at radius 3 is 2.52 bits per heavy atom. The third-order valence-corrected chi connectivity index (χ3v) is 5.85. The van der Waals surface area contributed by atoms with Crippen LogP contribution in [0.3, 0.4) is 0 Å². The Morgan fingerprint density at radius 2 is 1.83 bits per heavy atom. The predicted octanol–water partition coefficient (Wildman–Crippen LogP) is 5.14. The van der Waals surface area contributed by atoms with Crippen LogP contribution in [0.2, 0.25) is 0 Å². The molecule has 2 N–H and O–H groups in total. The molecule has 0 aliphatic heterocycles. The second kappa shape index (κ2) is 8.06. The van der Waals surface area contributed by atoms with Crippen LogP contribution in [0.15, 0.2) is 66.9 Å². The molecule has 0 saturated carbocycles. The Labute approximate surface area is 177 Å². The summed E-state index contributed by atoms with van der Waals surface area (Å²) >= 11 is 6.73. The number of nitrogens with zero attached hydrogens (tertiary/aromatic N) is 1. The van der Waals surface area contributed by atoms with Crippen LogP contribution < -0.4 is 15.4 Å². The lowest BCUT2D eigenvalue weighted by molar-refractivity contribution is 0.0981. The predicted molar refractivity (Wildman–Crippen MR) is 123 cm³/mol. The maximum atomic E-state index is 12.7. The van der Waals surface area contributed by atoms with Crippen LogP contribution in [-0.2, 0) is 0 Å². The molecule has 0 saturated heterocycles. The quantitative estimate of drug-likeness (QED) is 0.448. The van der Waals surface area contributed by atoms with Gasteiger partial charge in [0.1, 0.15) is 10.6 Å². The van der Waals surface area contributed by atoms with Crippen molar-refractivity contribution < 1.29 is 9.53 Å². The number of hydrogen-bond donors (Lipinski definition) is 2. The highest BCUT2D eigenvalue weighted by Gasteiger charge is 2.16. The number of benzene rings is 2. The highest BCUT2D eigenvalue weighted by Crippen LogP contribution is 2.32. The minimum absolute atomic E-state index is 0.226. The zero-order valence-corrected chi connectivity index (χ0v) is 17.6. The molecule has 4 aromatic rings. The number of carbonyl (C=O) groups is 1. The van der Waals surface area contributed by atoms with Gasteiger partial charge in [-0.1, -0.05) is 18.2 Å². The van der Waals surface area contributed by atoms with Gasteiger partial charge in [0, 0.05) is 23.0 Å². The number of hydrogen-bond acceptors (Lipinski definition) is 4. The van der Waals surface area contributed by atoms with E-state index in [2.05, 4.69) is 21.4 Å². The molecule has 146 valence electrons. The third-order valence-electron chi connectivity index (χ3n) is 4.51. The second-order valence-electron chi connectivity index (χ2n) is 6.48. The van der Waals surface area contributed by atoms with Gasteiger partial charge in [-0.05, 0) is 67.2 Å². The van der Waals surface area contributed by atoms with Gasteiger partial charge in [0.05, 0.1) is 12.0 Å². The van der Waals surface area contributed by atoms with E-state index in [1.165, 1.54) is 11.3 Å². The molecular weight excluding hydrogens is 402 g/mol. The van der Waals surface area contributed by atoms with Crippen molar-refractivity contribution in [1.82, 2.24) is 9.88 Å². The minimum Gasteiger partial charge on any atom is -0.497 e. The lowest BCUT2D eigenvalue weighted by atomic mass is 10.2. The molecule has 2 aromatic heterocycles. The molecule has 1 amide bonds. The summed E-state index contributed by atoms with van der Waals surface area (Å²) in [5, 5.41) is 7.09. The van der Waals surface area contributed by atoms with Gasteiger partial charge in [-0.15, -0.1) is 11.3 Å². The third kappa shape index (κ3) is 4.01. The van der Waals surface area contributed by atoms with Crippen molar-refractivity contribution >= 4 is 50.5 Å². The number of ether oxygens (including phenoxy) is 1. The van der Waals surface area contributed by atoms with Gasteiger partial charge in [0.2, 0.25) is 0 Å². The number of thiophene rings is 1. The number of anilines is 1. The Kier molecular flexibility index (Phi) is 5.33. The van der Waals surface area contributed by atoms with E-state index in [-0.39, 0.29) is 11.0 Å². The number of amides is 1. The molecule has 0 aliphatic carbocycles. The van der Waals surface area contributed by atoms with Crippen molar-refractivity contribution in [3.05, 3.63) is 77.3 Å². The summed E-state index contributed by atoms with van der Waals surface area (Å²) in [6, 6.07) is 19.3. The van der Waals surface area contributed by atoms with Crippen molar-refractivity contribution in [2.24, 2.45) is 0 Å². The summed E-state index contributed by atoms with van der Waals surface area (Å²) < 4.78 is 7.25. The lowest BCUT2D eigenvalue weighted by Crippen LogP contribution is -2.33. The molecule has 0 aliphatic rings. The lowest BCUT2D eigenvalue weighted by Gasteiger charge is -2.09. The molecule has 2 heterocycles. The number of aromatic nitrogens is 1. The largest absolute Gasteiger partial charge is 0.497 e. The van der Waals surface area contributed by atoms with E-state index in [1.807, 2.05) is 67.6 Å². The molecule has 0 unspecified atom stereocenters. The highest BCUT2D eigenvalue weighted by atomic mass is 32.1. The molecule has 29 heavy (non-hydrogen) atoms. The zero-order chi connectivity index (χ0) is 20.4. The Morgan fingerprint density at radius 1 is 1.10 bits per heavy atom. The summed E-state index contributed by atoms with van der Waals surface area (Å²) in [5.74, 6) is 0.529. The SMILES string of the molecule is COc1ccc(NC(=S)NC(=O)c2cc3c(C)cn(-c4ccccc4)c3s2)cc1. The van der Waals surface area contributed by atoms with Crippen LogP contribution >= 0.6 is 23.6 Å². The fraction of sp³-hybridized carbons (Fsp3) is 0.0909. The molecular formula is C22H19N3O2S2. The van der Waals surface area contributed by atoms with Crippen molar-refractivity contribution in [2.45, 2.75) is 6.92 Å². The first kappa shape index (κ1) is 19.2. The van der Waals surface area contributed by atoms with Gasteiger partial charge >= 0.3 is 0 Å². The van der Waals surface area contributed by atoms with Crippen molar-refractivity contribution in [3.63, 3.8) is 0 Å². The van der Waals surface area contributed by atoms with Crippen LogP contribution in [0, 0.1) is 6.92 Å². The number of carbonyl (C=O) groups excluding carboxylic acids is 1. The Balaban J connectivity index is 1.52. The number of methoxy groups -OCH3 is 1. The first-order valence-corrected chi connectivity index (χ1v) is 10.2. The molecule has 5 nitrogen and oxygen atoms in total. The number of para-hydroxylation sites is 1. The fourth-order valence-corrected chi connectivity index (χ4v) is 4.38. The van der Waals surface area contributed by atoms with Gasteiger partial charge in [-0.25, -0.2) is 0 Å². The van der Waals surface area contributed by atoms with Crippen LogP contribution in [0.5, 0.6) is 5.75 Å². The van der Waals surface area contributed by atoms with Crippen LogP contribution in [0.4, 0.5) is 5.69 Å². The first-order chi connectivity index (χ1) is 14.0. The number of aryl methyl sites for hydroxylation is 1. The van der Waals surface area contributed by atoms with Crippen molar-refractivity contribution in [3.8, 4) is 11.4 Å². The molecule has 0 atom stereocenters. The van der Waals surface area contributed by atoms with Crippen LogP contribution in [0.25, 0.3) is 15.9 Å². The summed E-state index contributed by atoms with van der Waals surface area (Å²) in [4.78, 5) is 14.4. The van der Waals surface area contributed by atoms with E-state index in [4.69, 9.17) is 17.0 Å². The normalized spacial score (nSPS) is 10.7. The molecule has 0 bridgehead atoms. The van der Waals surface area contributed by atoms with Gasteiger partial charge in [-0.2, -0.15) is 0 Å². The summed E-state index contributed by atoms with van der Waals surface area (Å²) in [6.45, 7) is 2.05. The fourth-order valence-electron chi connectivity index (χ4n) is 3.06. The van der Waals surface area contributed by atoms with Crippen molar-refractivity contribution in [2.75, 3.05) is 12.4 Å². The molecule has 0 fully saturated rings. The molecule has 7 heteroatoms. The van der Waals surface area contributed by atoms with Gasteiger partial charge in [-0.3, -0.25) is 10.1 Å². The zero-order valence-electron chi connectivity index (χ0n) is 15.9. The summed E-state index contributed by atoms with van der Waals surface area (Å²) in [7, 11) is 1.61. The van der Waals surface area contributed by atoms with E-state index >= 15 is 0 Å². The maximum Gasteiger partial charge on any atom is 0.267 e. The summed E-state index contributed by atoms with van der Waals surface area (Å²) in [6.07, 6.45) is 2.09. The molecule has 2 aromatic carbocycles. The van der Waals surface area contributed by atoms with E-state index < -0.39 is 0 Å². The number of nitrogens with one attached hydrogen (secondary N) is 2. The minimum atomic E-state index is -0.226. The van der Waals surface area contributed by atoms with Gasteiger partial charge in [0.15, 0.2) is 5.11 Å². The Bertz CT molecular complexity index is 1180. The van der Waals surface area contributed by atoms with Gasteiger partial charge < -0.3 is 14.6 Å². The average molecular weight is 422 g/mol. The number of thiocarbonyl (C=S) groups is 1. The second-order valence-corrected chi connectivity index (χ2v) is 7.92. The van der Waals surface area contributed by atoms with Crippen molar-refractivity contribution in [1.29, 1.82) is 0 Å². The van der Waals surface area contributed by atoms with Crippen LogP contribution in [0.1, 0.15) is 15.2 Å². The topological polar surface area (TPSA) is 55.3 Å². The van der Waals surface area contributed by atoms with E-state index in [0.29, 0.717) is 4.88 Å². The van der Waals surface area contributed by atoms with E-state index in [1.54, 1.807) is 7.11 Å². The first-order valence-electron chi connectivity index (χ1n) is 8.98. The monoisotopic (exact) mass is 421 g/mol. The Hall–Kier alpha value is -3.16. The smallest absolute Gasteiger partial charge is 0.267 e. The van der Waals surface area contributed by atoms with E-state index in [0.717, 1.165) is 32.9 Å². The van der Waals surface area contributed by atoms with Gasteiger partial charge in [0.25, 0.3) is 5.91 Å². The van der Waals surface area contributed by atoms with Crippen LogP contribution in [-0.4, -0.2) is 22.7 Å². The molecule has 0 spiro atoms. The number of fused-ring (bicyclic) bond motifs is 1. The standard InChI is InChI=1S/C22H19N3O2S2/c1-14-13-25(16-6-4-3-5-7-16)21-18(14)12-19(29-21)20(26)24-22(28)23-15-8-10-17(27-2)11-9-15/h3-13H,1-2H3,(H2,23,24,26,28).